The van der Waals surface area contributed by atoms with Gasteiger partial charge in [0.05, 0.1) is 17.1 Å². The van der Waals surface area contributed by atoms with Crippen LogP contribution in [0.3, 0.4) is 0 Å². The average molecular weight is 589 g/mol. The molecular formula is C20H17KN6O11S. The summed E-state index contributed by atoms with van der Waals surface area (Å²) in [4.78, 5) is 28.8. The predicted molar refractivity (Wildman–Crippen MR) is 125 cm³/mol. The van der Waals surface area contributed by atoms with Crippen molar-refractivity contribution >= 4 is 16.1 Å². The van der Waals surface area contributed by atoms with Gasteiger partial charge in [0.2, 0.25) is 11.4 Å². The molecule has 0 unspecified atom stereocenters. The smallest absolute Gasteiger partial charge is 0.635 e. The van der Waals surface area contributed by atoms with Crippen LogP contribution in [-0.4, -0.2) is 32.4 Å². The Bertz CT molecular complexity index is 1410. The standard InChI is InChI=1S/C10H7N3O3.C10H8N2O.K.HNO3.H2O4S/c14-12-6-4-8(13(15)16)7-10(12)9-3-1-2-5-11-9;13-12-8-4-2-6-10(12)9-5-1-3-7-11-9;;2-1-4-3;1-5(2,3)4/h1-7H;1-8H;;3H;(H2,1,2,3,4)/q;;+1;;/p-1. The van der Waals surface area contributed by atoms with Crippen LogP contribution in [0.2, 0.25) is 0 Å². The van der Waals surface area contributed by atoms with Crippen molar-refractivity contribution in [3.8, 4) is 22.8 Å². The van der Waals surface area contributed by atoms with Gasteiger partial charge in [0.15, 0.2) is 12.4 Å². The van der Waals surface area contributed by atoms with E-state index in [0.29, 0.717) is 21.8 Å². The minimum Gasteiger partial charge on any atom is -0.635 e. The van der Waals surface area contributed by atoms with Gasteiger partial charge in [0.25, 0.3) is 5.69 Å². The molecule has 17 nitrogen and oxygen atoms in total. The summed E-state index contributed by atoms with van der Waals surface area (Å²) in [7, 11) is -4.67. The Morgan fingerprint density at radius 2 is 1.31 bits per heavy atom. The van der Waals surface area contributed by atoms with Crippen molar-refractivity contribution in [1.82, 2.24) is 9.97 Å². The minimum atomic E-state index is -4.67. The van der Waals surface area contributed by atoms with E-state index in [4.69, 9.17) is 27.7 Å². The maximum atomic E-state index is 11.4. The Morgan fingerprint density at radius 1 is 0.846 bits per heavy atom. The van der Waals surface area contributed by atoms with Crippen LogP contribution in [0.1, 0.15) is 0 Å². The third-order valence-corrected chi connectivity index (χ3v) is 3.82. The SMILES string of the molecule is O=NO[O-].O=S(=O)(O)O.O=[N+]([O-])c1cc[n+]([O-])c(-c2ccccn2)c1.[K+].[O-][n+]1ccccc1-c1ccccn1. The fraction of sp³-hybridized carbons (Fsp3) is 0. The second kappa shape index (κ2) is 18.7. The van der Waals surface area contributed by atoms with Crippen molar-refractivity contribution in [1.29, 1.82) is 0 Å². The molecule has 0 aromatic carbocycles. The zero-order chi connectivity index (χ0) is 28.6. The molecule has 39 heavy (non-hydrogen) atoms. The number of rotatable bonds is 4. The van der Waals surface area contributed by atoms with Crippen molar-refractivity contribution in [2.24, 2.45) is 5.34 Å². The fourth-order valence-electron chi connectivity index (χ4n) is 2.43. The largest absolute Gasteiger partial charge is 1.00 e. The Balaban J connectivity index is 0.000000563. The third kappa shape index (κ3) is 14.8. The molecule has 2 N–H and O–H groups in total. The van der Waals surface area contributed by atoms with E-state index < -0.39 is 15.3 Å². The molecule has 19 heteroatoms. The quantitative estimate of drug-likeness (QED) is 0.0382. The molecule has 4 aromatic rings. The second-order valence-corrected chi connectivity index (χ2v) is 7.19. The average Bonchev–Trinajstić information content (AvgIpc) is 2.90. The second-order valence-electron chi connectivity index (χ2n) is 6.29. The third-order valence-electron chi connectivity index (χ3n) is 3.82. The zero-order valence-electron chi connectivity index (χ0n) is 19.8. The van der Waals surface area contributed by atoms with Gasteiger partial charge in [0, 0.05) is 24.5 Å². The Labute approximate surface area is 262 Å². The van der Waals surface area contributed by atoms with Crippen LogP contribution in [0.5, 0.6) is 0 Å². The molecule has 0 aliphatic rings. The summed E-state index contributed by atoms with van der Waals surface area (Å²) < 4.78 is 32.9. The first-order valence-corrected chi connectivity index (χ1v) is 11.1. The molecule has 4 rings (SSSR count). The van der Waals surface area contributed by atoms with Gasteiger partial charge in [-0.25, -0.2) is 9.97 Å². The normalized spacial score (nSPS) is 9.41. The van der Waals surface area contributed by atoms with Gasteiger partial charge >= 0.3 is 61.8 Å². The molecule has 0 fully saturated rings. The molecule has 0 bridgehead atoms. The molecule has 0 aliphatic heterocycles. The van der Waals surface area contributed by atoms with Gasteiger partial charge < -0.3 is 20.7 Å². The molecule has 0 radical (unpaired) electrons. The molecule has 0 aliphatic carbocycles. The van der Waals surface area contributed by atoms with E-state index in [2.05, 4.69) is 15.0 Å². The number of hydrogen-bond acceptors (Lipinski definition) is 12. The van der Waals surface area contributed by atoms with Crippen molar-refractivity contribution < 1.29 is 93.5 Å². The zero-order valence-corrected chi connectivity index (χ0v) is 23.8. The molecule has 0 spiro atoms. The first-order valence-electron chi connectivity index (χ1n) is 9.68. The first kappa shape index (κ1) is 35.5. The van der Waals surface area contributed by atoms with E-state index in [0.717, 1.165) is 17.0 Å². The molecule has 0 saturated carbocycles. The summed E-state index contributed by atoms with van der Waals surface area (Å²) in [5.41, 5.74) is 1.70. The van der Waals surface area contributed by atoms with Crippen LogP contribution < -0.4 is 66.1 Å². The van der Waals surface area contributed by atoms with Crippen LogP contribution in [0.4, 0.5) is 5.69 Å². The minimum absolute atomic E-state index is 0. The van der Waals surface area contributed by atoms with Gasteiger partial charge in [-0.2, -0.15) is 17.9 Å². The number of pyridine rings is 4. The van der Waals surface area contributed by atoms with E-state index in [-0.39, 0.29) is 62.8 Å². The van der Waals surface area contributed by atoms with Crippen molar-refractivity contribution in [3.63, 3.8) is 0 Å². The summed E-state index contributed by atoms with van der Waals surface area (Å²) in [5, 5.41) is 43.1. The monoisotopic (exact) mass is 588 g/mol. The van der Waals surface area contributed by atoms with E-state index in [1.54, 1.807) is 36.5 Å². The molecule has 0 saturated heterocycles. The van der Waals surface area contributed by atoms with E-state index >= 15 is 0 Å². The van der Waals surface area contributed by atoms with Crippen molar-refractivity contribution in [2.45, 2.75) is 0 Å². The summed E-state index contributed by atoms with van der Waals surface area (Å²) >= 11 is 0. The Kier molecular flexibility index (Phi) is 17.0. The predicted octanol–water partition coefficient (Wildman–Crippen LogP) is -2.02. The summed E-state index contributed by atoms with van der Waals surface area (Å²) in [5.74, 6) is 0. The fourth-order valence-corrected chi connectivity index (χ4v) is 2.43. The molecule has 4 aromatic heterocycles. The number of hydrogen-bond donors (Lipinski definition) is 2. The first-order chi connectivity index (χ1) is 18.0. The molecule has 0 atom stereocenters. The van der Waals surface area contributed by atoms with E-state index in [9.17, 15) is 20.5 Å². The van der Waals surface area contributed by atoms with Crippen molar-refractivity contribution in [3.05, 3.63) is 117 Å². The Hall–Kier alpha value is -3.53. The topological polar surface area (TPSA) is 259 Å². The number of nitro groups is 1. The van der Waals surface area contributed by atoms with Gasteiger partial charge in [-0.15, -0.1) is 4.91 Å². The van der Waals surface area contributed by atoms with Gasteiger partial charge in [0.1, 0.15) is 16.7 Å². The Morgan fingerprint density at radius 3 is 1.72 bits per heavy atom. The van der Waals surface area contributed by atoms with Crippen LogP contribution in [0.25, 0.3) is 22.8 Å². The summed E-state index contributed by atoms with van der Waals surface area (Å²) in [6.07, 6.45) is 5.75. The van der Waals surface area contributed by atoms with E-state index in [1.807, 2.05) is 24.3 Å². The molecule has 4 heterocycles. The van der Waals surface area contributed by atoms with Crippen LogP contribution in [0, 0.1) is 25.4 Å². The molecule has 0 amide bonds. The maximum Gasteiger partial charge on any atom is 1.00 e. The molecule has 200 valence electrons. The van der Waals surface area contributed by atoms with Gasteiger partial charge in [-0.3, -0.25) is 19.2 Å². The van der Waals surface area contributed by atoms with Gasteiger partial charge in [-0.1, -0.05) is 12.1 Å². The van der Waals surface area contributed by atoms with Crippen LogP contribution in [-0.2, 0) is 15.4 Å². The maximum absolute atomic E-state index is 11.4. The van der Waals surface area contributed by atoms with Crippen LogP contribution >= 0.6 is 0 Å². The van der Waals surface area contributed by atoms with Gasteiger partial charge in [-0.05, 0) is 30.3 Å². The van der Waals surface area contributed by atoms with Crippen LogP contribution in [0.15, 0.2) is 96.9 Å². The number of aromatic nitrogens is 4. The van der Waals surface area contributed by atoms with E-state index in [1.165, 1.54) is 23.8 Å². The van der Waals surface area contributed by atoms with Crippen molar-refractivity contribution in [2.75, 3.05) is 0 Å². The summed E-state index contributed by atoms with van der Waals surface area (Å²) in [6.45, 7) is 0. The number of nitrogens with zero attached hydrogens (tertiary/aromatic N) is 6. The molecular weight excluding hydrogens is 571 g/mol. The summed E-state index contributed by atoms with van der Waals surface area (Å²) in [6, 6.07) is 18.1.